The molecule has 0 spiro atoms. The number of nitrogens with zero attached hydrogens (tertiary/aromatic N) is 4. The maximum absolute atomic E-state index is 5.74. The van der Waals surface area contributed by atoms with Crippen LogP contribution in [0.1, 0.15) is 44.0 Å². The van der Waals surface area contributed by atoms with Crippen LogP contribution in [0.25, 0.3) is 0 Å². The molecule has 1 saturated heterocycles. The molecule has 0 saturated carbocycles. The molecule has 0 aliphatic carbocycles. The third-order valence-electron chi connectivity index (χ3n) is 4.56. The van der Waals surface area contributed by atoms with Crippen molar-refractivity contribution in [3.8, 4) is 0 Å². The first-order chi connectivity index (χ1) is 11.7. The molecular formula is C19H28N4O. The maximum atomic E-state index is 5.74. The van der Waals surface area contributed by atoms with Crippen LogP contribution in [0.5, 0.6) is 0 Å². The predicted octanol–water partition coefficient (Wildman–Crippen LogP) is 3.29. The Balaban J connectivity index is 1.44. The monoisotopic (exact) mass is 328 g/mol. The van der Waals surface area contributed by atoms with Gasteiger partial charge in [0.25, 0.3) is 0 Å². The fraction of sp³-hybridized carbons (Fsp3) is 0.579. The molecule has 0 N–H and O–H groups in total. The van der Waals surface area contributed by atoms with Crippen molar-refractivity contribution in [2.45, 2.75) is 45.9 Å². The number of benzene rings is 1. The van der Waals surface area contributed by atoms with Gasteiger partial charge in [-0.25, -0.2) is 4.68 Å². The average molecular weight is 328 g/mol. The van der Waals surface area contributed by atoms with E-state index in [2.05, 4.69) is 41.2 Å². The summed E-state index contributed by atoms with van der Waals surface area (Å²) in [5.41, 5.74) is 2.09. The van der Waals surface area contributed by atoms with Crippen LogP contribution in [-0.4, -0.2) is 39.5 Å². The summed E-state index contributed by atoms with van der Waals surface area (Å²) in [7, 11) is 0. The molecule has 3 rings (SSSR count). The first-order valence-corrected chi connectivity index (χ1v) is 8.95. The zero-order valence-corrected chi connectivity index (χ0v) is 14.8. The highest BCUT2D eigenvalue weighted by Crippen LogP contribution is 2.21. The molecule has 1 aliphatic heterocycles. The zero-order valence-electron chi connectivity index (χ0n) is 14.8. The molecule has 2 heterocycles. The Labute approximate surface area is 144 Å². The van der Waals surface area contributed by atoms with Crippen molar-refractivity contribution >= 4 is 0 Å². The summed E-state index contributed by atoms with van der Waals surface area (Å²) in [6.45, 7) is 9.13. The van der Waals surface area contributed by atoms with Gasteiger partial charge in [-0.2, -0.15) is 0 Å². The molecule has 1 atom stereocenters. The molecule has 1 aromatic heterocycles. The molecule has 0 amide bonds. The molecule has 1 aliphatic rings. The molecule has 1 aromatic carbocycles. The topological polar surface area (TPSA) is 43.2 Å². The molecule has 0 radical (unpaired) electrons. The number of ether oxygens (including phenoxy) is 1. The highest BCUT2D eigenvalue weighted by atomic mass is 16.5. The van der Waals surface area contributed by atoms with Gasteiger partial charge in [-0.15, -0.1) is 5.10 Å². The molecule has 1 unspecified atom stereocenters. The highest BCUT2D eigenvalue weighted by molar-refractivity contribution is 5.13. The zero-order chi connectivity index (χ0) is 16.8. The molecular weight excluding hydrogens is 300 g/mol. The highest BCUT2D eigenvalue weighted by Gasteiger charge is 2.24. The lowest BCUT2D eigenvalue weighted by atomic mass is 10.1. The molecule has 5 nitrogen and oxygen atoms in total. The molecule has 24 heavy (non-hydrogen) atoms. The van der Waals surface area contributed by atoms with Gasteiger partial charge in [0, 0.05) is 13.1 Å². The van der Waals surface area contributed by atoms with Crippen LogP contribution in [0.2, 0.25) is 0 Å². The number of aromatic nitrogens is 3. The largest absolute Gasteiger partial charge is 0.370 e. The molecule has 0 bridgehead atoms. The molecule has 130 valence electrons. The van der Waals surface area contributed by atoms with E-state index in [0.29, 0.717) is 19.3 Å². The quantitative estimate of drug-likeness (QED) is 0.746. The van der Waals surface area contributed by atoms with Gasteiger partial charge in [-0.1, -0.05) is 49.4 Å². The first kappa shape index (κ1) is 17.1. The van der Waals surface area contributed by atoms with Crippen molar-refractivity contribution in [2.75, 3.05) is 19.6 Å². The van der Waals surface area contributed by atoms with E-state index >= 15 is 0 Å². The lowest BCUT2D eigenvalue weighted by Crippen LogP contribution is -2.24. The Bertz CT molecular complexity index is 611. The van der Waals surface area contributed by atoms with E-state index in [1.165, 1.54) is 18.5 Å². The first-order valence-electron chi connectivity index (χ1n) is 8.95. The lowest BCUT2D eigenvalue weighted by Gasteiger charge is -2.16. The van der Waals surface area contributed by atoms with Gasteiger partial charge in [-0.3, -0.25) is 0 Å². The van der Waals surface area contributed by atoms with Crippen LogP contribution in [0, 0.1) is 5.92 Å². The van der Waals surface area contributed by atoms with Crippen LogP contribution >= 0.6 is 0 Å². The minimum absolute atomic E-state index is 0.451. The minimum atomic E-state index is 0.451. The third kappa shape index (κ3) is 4.89. The molecule has 1 fully saturated rings. The SMILES string of the molecule is CC(C)CCN1CCC(n2cc(COCc3ccccc3)nn2)C1. The van der Waals surface area contributed by atoms with Crippen LogP contribution in [0.15, 0.2) is 36.5 Å². The van der Waals surface area contributed by atoms with Gasteiger partial charge in [0.15, 0.2) is 0 Å². The maximum Gasteiger partial charge on any atom is 0.108 e. The summed E-state index contributed by atoms with van der Waals surface area (Å²) in [4.78, 5) is 2.54. The smallest absolute Gasteiger partial charge is 0.108 e. The second-order valence-electron chi connectivity index (χ2n) is 7.09. The van der Waals surface area contributed by atoms with Gasteiger partial charge in [0.1, 0.15) is 5.69 Å². The number of rotatable bonds is 8. The van der Waals surface area contributed by atoms with Crippen molar-refractivity contribution in [3.63, 3.8) is 0 Å². The van der Waals surface area contributed by atoms with Crippen molar-refractivity contribution in [1.29, 1.82) is 0 Å². The summed E-state index contributed by atoms with van der Waals surface area (Å²) < 4.78 is 7.77. The Morgan fingerprint density at radius 1 is 1.21 bits per heavy atom. The lowest BCUT2D eigenvalue weighted by molar-refractivity contribution is 0.104. The number of hydrogen-bond acceptors (Lipinski definition) is 4. The second kappa shape index (κ2) is 8.40. The van der Waals surface area contributed by atoms with Gasteiger partial charge < -0.3 is 9.64 Å². The fourth-order valence-corrected chi connectivity index (χ4v) is 3.08. The fourth-order valence-electron chi connectivity index (χ4n) is 3.08. The van der Waals surface area contributed by atoms with E-state index < -0.39 is 0 Å². The Morgan fingerprint density at radius 2 is 2.04 bits per heavy atom. The van der Waals surface area contributed by atoms with Gasteiger partial charge in [-0.05, 0) is 30.9 Å². The standard InChI is InChI=1S/C19H28N4O/c1-16(2)8-10-22-11-9-19(13-22)23-12-18(20-21-23)15-24-14-17-6-4-3-5-7-17/h3-7,12,16,19H,8-11,13-15H2,1-2H3. The van der Waals surface area contributed by atoms with Crippen molar-refractivity contribution in [3.05, 3.63) is 47.8 Å². The van der Waals surface area contributed by atoms with E-state index in [9.17, 15) is 0 Å². The van der Waals surface area contributed by atoms with Gasteiger partial charge >= 0.3 is 0 Å². The van der Waals surface area contributed by atoms with Gasteiger partial charge in [0.2, 0.25) is 0 Å². The summed E-state index contributed by atoms with van der Waals surface area (Å²) >= 11 is 0. The summed E-state index contributed by atoms with van der Waals surface area (Å²) in [5.74, 6) is 0.767. The number of hydrogen-bond donors (Lipinski definition) is 0. The molecule has 5 heteroatoms. The Hall–Kier alpha value is -1.72. The van der Waals surface area contributed by atoms with E-state index in [1.807, 2.05) is 29.1 Å². The van der Waals surface area contributed by atoms with Crippen molar-refractivity contribution in [2.24, 2.45) is 5.92 Å². The normalized spacial score (nSPS) is 18.5. The van der Waals surface area contributed by atoms with Crippen LogP contribution in [0.3, 0.4) is 0 Å². The summed E-state index contributed by atoms with van der Waals surface area (Å²) in [6.07, 6.45) is 4.47. The Kier molecular flexibility index (Phi) is 5.99. The van der Waals surface area contributed by atoms with Crippen molar-refractivity contribution in [1.82, 2.24) is 19.9 Å². The minimum Gasteiger partial charge on any atom is -0.370 e. The van der Waals surface area contributed by atoms with Crippen LogP contribution in [-0.2, 0) is 18.0 Å². The van der Waals surface area contributed by atoms with Gasteiger partial charge in [0.05, 0.1) is 25.5 Å². The van der Waals surface area contributed by atoms with Crippen LogP contribution in [0.4, 0.5) is 0 Å². The third-order valence-corrected chi connectivity index (χ3v) is 4.56. The summed E-state index contributed by atoms with van der Waals surface area (Å²) in [6, 6.07) is 10.7. The number of likely N-dealkylation sites (tertiary alicyclic amines) is 1. The van der Waals surface area contributed by atoms with Crippen molar-refractivity contribution < 1.29 is 4.74 Å². The molecule has 2 aromatic rings. The predicted molar refractivity (Wildman–Crippen MR) is 94.5 cm³/mol. The van der Waals surface area contributed by atoms with E-state index in [1.54, 1.807) is 0 Å². The summed E-state index contributed by atoms with van der Waals surface area (Å²) in [5, 5.41) is 8.57. The second-order valence-corrected chi connectivity index (χ2v) is 7.09. The van der Waals surface area contributed by atoms with E-state index in [0.717, 1.165) is 31.1 Å². The van der Waals surface area contributed by atoms with E-state index in [-0.39, 0.29) is 0 Å². The van der Waals surface area contributed by atoms with Crippen LogP contribution < -0.4 is 0 Å². The average Bonchev–Trinajstić information content (AvgIpc) is 3.23. The van der Waals surface area contributed by atoms with E-state index in [4.69, 9.17) is 4.74 Å². The Morgan fingerprint density at radius 3 is 2.83 bits per heavy atom.